The molecule has 1 fully saturated rings. The van der Waals surface area contributed by atoms with Gasteiger partial charge in [-0.05, 0) is 18.4 Å². The van der Waals surface area contributed by atoms with Crippen LogP contribution in [-0.2, 0) is 10.0 Å². The van der Waals surface area contributed by atoms with Crippen molar-refractivity contribution >= 4 is 37.6 Å². The lowest BCUT2D eigenvalue weighted by atomic mass is 10.1. The molecule has 4 heterocycles. The second-order valence-corrected chi connectivity index (χ2v) is 9.12. The van der Waals surface area contributed by atoms with Crippen molar-refractivity contribution in [2.45, 2.75) is 26.3 Å². The van der Waals surface area contributed by atoms with E-state index in [9.17, 15) is 8.42 Å². The Bertz CT molecular complexity index is 1040. The van der Waals surface area contributed by atoms with E-state index in [1.54, 1.807) is 12.4 Å². The molecule has 1 aliphatic heterocycles. The highest BCUT2D eigenvalue weighted by Crippen LogP contribution is 2.33. The van der Waals surface area contributed by atoms with Crippen LogP contribution in [0.25, 0.3) is 21.9 Å². The fraction of sp³-hybridized carbons (Fsp3) is 0.444. The van der Waals surface area contributed by atoms with Gasteiger partial charge in [0.05, 0.1) is 28.5 Å². The van der Waals surface area contributed by atoms with E-state index in [0.29, 0.717) is 6.54 Å². The normalized spacial score (nSPS) is 18.4. The summed E-state index contributed by atoms with van der Waals surface area (Å²) in [5.41, 5.74) is 2.73. The van der Waals surface area contributed by atoms with Crippen molar-refractivity contribution in [1.82, 2.24) is 19.7 Å². The van der Waals surface area contributed by atoms with Crippen molar-refractivity contribution in [2.75, 3.05) is 23.7 Å². The molecule has 1 saturated heterocycles. The Morgan fingerprint density at radius 3 is 3.04 bits per heavy atom. The molecule has 0 spiro atoms. The van der Waals surface area contributed by atoms with Gasteiger partial charge in [0.15, 0.2) is 0 Å². The minimum atomic E-state index is -3.24. The van der Waals surface area contributed by atoms with Crippen molar-refractivity contribution < 1.29 is 8.42 Å². The molecular formula is C18H23N5O2S. The average molecular weight is 373 g/mol. The lowest BCUT2D eigenvalue weighted by Gasteiger charge is -2.19. The van der Waals surface area contributed by atoms with Gasteiger partial charge in [0, 0.05) is 36.9 Å². The average Bonchev–Trinajstić information content (AvgIpc) is 3.19. The number of hydrogen-bond donors (Lipinski definition) is 2. The molecule has 0 bridgehead atoms. The van der Waals surface area contributed by atoms with Crippen LogP contribution in [-0.4, -0.2) is 48.3 Å². The van der Waals surface area contributed by atoms with Gasteiger partial charge < -0.3 is 9.88 Å². The SMILES string of the molecule is CC(C)CS(=O)(=O)NC1CCN(c2c[nH]c3ncc4ncccc4c23)C1. The molecule has 138 valence electrons. The van der Waals surface area contributed by atoms with Gasteiger partial charge in [-0.25, -0.2) is 18.1 Å². The quantitative estimate of drug-likeness (QED) is 0.716. The van der Waals surface area contributed by atoms with Crippen LogP contribution < -0.4 is 9.62 Å². The minimum Gasteiger partial charge on any atom is -0.368 e. The molecule has 0 amide bonds. The van der Waals surface area contributed by atoms with Gasteiger partial charge in [-0.15, -0.1) is 0 Å². The fourth-order valence-corrected chi connectivity index (χ4v) is 5.37. The molecule has 8 heteroatoms. The van der Waals surface area contributed by atoms with Crippen molar-refractivity contribution in [3.8, 4) is 0 Å². The molecule has 4 rings (SSSR count). The number of nitrogens with zero attached hydrogens (tertiary/aromatic N) is 3. The molecule has 3 aromatic rings. The number of nitrogens with one attached hydrogen (secondary N) is 2. The van der Waals surface area contributed by atoms with E-state index in [-0.39, 0.29) is 17.7 Å². The summed E-state index contributed by atoms with van der Waals surface area (Å²) in [4.78, 5) is 14.3. The number of hydrogen-bond acceptors (Lipinski definition) is 5. The molecule has 0 aliphatic carbocycles. The Hall–Kier alpha value is -2.19. The first kappa shape index (κ1) is 17.2. The van der Waals surface area contributed by atoms with Crippen LogP contribution in [0.4, 0.5) is 5.69 Å². The minimum absolute atomic E-state index is 0.0650. The van der Waals surface area contributed by atoms with Crippen LogP contribution in [0.5, 0.6) is 0 Å². The maximum Gasteiger partial charge on any atom is 0.212 e. The molecule has 1 atom stereocenters. The number of pyridine rings is 2. The van der Waals surface area contributed by atoms with Gasteiger partial charge in [-0.2, -0.15) is 0 Å². The van der Waals surface area contributed by atoms with E-state index in [2.05, 4.69) is 24.6 Å². The number of H-pyrrole nitrogens is 1. The van der Waals surface area contributed by atoms with Gasteiger partial charge in [0.1, 0.15) is 5.65 Å². The second kappa shape index (κ2) is 6.51. The molecule has 0 aromatic carbocycles. The first-order chi connectivity index (χ1) is 12.4. The summed E-state index contributed by atoms with van der Waals surface area (Å²) < 4.78 is 27.3. The van der Waals surface area contributed by atoms with Crippen molar-refractivity contribution in [2.24, 2.45) is 5.92 Å². The molecule has 7 nitrogen and oxygen atoms in total. The van der Waals surface area contributed by atoms with Crippen LogP contribution >= 0.6 is 0 Å². The summed E-state index contributed by atoms with van der Waals surface area (Å²) in [6, 6.07) is 3.90. The van der Waals surface area contributed by atoms with Crippen LogP contribution in [0, 0.1) is 5.92 Å². The number of sulfonamides is 1. The van der Waals surface area contributed by atoms with Crippen LogP contribution in [0.3, 0.4) is 0 Å². The van der Waals surface area contributed by atoms with Crippen molar-refractivity contribution in [1.29, 1.82) is 0 Å². The molecule has 1 unspecified atom stereocenters. The third kappa shape index (κ3) is 3.26. The highest BCUT2D eigenvalue weighted by molar-refractivity contribution is 7.89. The number of rotatable bonds is 5. The van der Waals surface area contributed by atoms with Gasteiger partial charge >= 0.3 is 0 Å². The molecule has 1 aliphatic rings. The fourth-order valence-electron chi connectivity index (χ4n) is 3.69. The summed E-state index contributed by atoms with van der Waals surface area (Å²) in [5, 5.41) is 2.10. The van der Waals surface area contributed by atoms with E-state index in [0.717, 1.165) is 40.6 Å². The topological polar surface area (TPSA) is 91.0 Å². The highest BCUT2D eigenvalue weighted by Gasteiger charge is 2.28. The van der Waals surface area contributed by atoms with E-state index in [1.165, 1.54) is 0 Å². The van der Waals surface area contributed by atoms with Crippen LogP contribution in [0.2, 0.25) is 0 Å². The largest absolute Gasteiger partial charge is 0.368 e. The second-order valence-electron chi connectivity index (χ2n) is 7.32. The Morgan fingerprint density at radius 1 is 1.38 bits per heavy atom. The van der Waals surface area contributed by atoms with Crippen LogP contribution in [0.15, 0.2) is 30.7 Å². The summed E-state index contributed by atoms with van der Waals surface area (Å²) in [7, 11) is -3.24. The maximum absolute atomic E-state index is 12.2. The van der Waals surface area contributed by atoms with Gasteiger partial charge in [0.2, 0.25) is 10.0 Å². The monoisotopic (exact) mass is 373 g/mol. The standard InChI is InChI=1S/C18H23N5O2S/c1-12(2)11-26(24,25)22-13-5-7-23(10-13)16-9-21-18-17(16)14-4-3-6-19-15(14)8-20-18/h3-4,6,8-9,12-13,22H,5,7,10-11H2,1-2H3,(H,20,21). The Morgan fingerprint density at radius 2 is 2.23 bits per heavy atom. The molecule has 26 heavy (non-hydrogen) atoms. The maximum atomic E-state index is 12.2. The lowest BCUT2D eigenvalue weighted by Crippen LogP contribution is -2.39. The Kier molecular flexibility index (Phi) is 4.32. The van der Waals surface area contributed by atoms with E-state index < -0.39 is 10.0 Å². The predicted octanol–water partition coefficient (Wildman–Crippen LogP) is 2.27. The first-order valence-corrected chi connectivity index (χ1v) is 10.5. The Labute approximate surface area is 152 Å². The van der Waals surface area contributed by atoms with Gasteiger partial charge in [-0.3, -0.25) is 4.98 Å². The summed E-state index contributed by atoms with van der Waals surface area (Å²) in [6.07, 6.45) is 6.28. The third-order valence-electron chi connectivity index (χ3n) is 4.69. The van der Waals surface area contributed by atoms with E-state index >= 15 is 0 Å². The van der Waals surface area contributed by atoms with E-state index in [1.807, 2.05) is 32.2 Å². The molecular weight excluding hydrogens is 350 g/mol. The van der Waals surface area contributed by atoms with E-state index in [4.69, 9.17) is 0 Å². The molecule has 0 radical (unpaired) electrons. The number of aromatic nitrogens is 3. The third-order valence-corrected chi connectivity index (χ3v) is 6.49. The smallest absolute Gasteiger partial charge is 0.212 e. The molecule has 3 aromatic heterocycles. The summed E-state index contributed by atoms with van der Waals surface area (Å²) in [6.45, 7) is 5.29. The number of fused-ring (bicyclic) bond motifs is 3. The molecule has 0 saturated carbocycles. The zero-order valence-corrected chi connectivity index (χ0v) is 15.8. The zero-order valence-electron chi connectivity index (χ0n) is 14.9. The molecule has 2 N–H and O–H groups in total. The predicted molar refractivity (Wildman–Crippen MR) is 104 cm³/mol. The lowest BCUT2D eigenvalue weighted by molar-refractivity contribution is 0.550. The summed E-state index contributed by atoms with van der Waals surface area (Å²) in [5.74, 6) is 0.278. The van der Waals surface area contributed by atoms with Gasteiger partial charge in [-0.1, -0.05) is 19.9 Å². The van der Waals surface area contributed by atoms with Crippen molar-refractivity contribution in [3.63, 3.8) is 0 Å². The van der Waals surface area contributed by atoms with Crippen molar-refractivity contribution in [3.05, 3.63) is 30.7 Å². The Balaban J connectivity index is 1.61. The number of anilines is 1. The zero-order chi connectivity index (χ0) is 18.3. The number of aromatic amines is 1. The first-order valence-electron chi connectivity index (χ1n) is 8.89. The van der Waals surface area contributed by atoms with Gasteiger partial charge in [0.25, 0.3) is 0 Å². The van der Waals surface area contributed by atoms with Crippen LogP contribution in [0.1, 0.15) is 20.3 Å². The highest BCUT2D eigenvalue weighted by atomic mass is 32.2. The summed E-state index contributed by atoms with van der Waals surface area (Å²) >= 11 is 0.